The normalized spacial score (nSPS) is 21.5. The predicted octanol–water partition coefficient (Wildman–Crippen LogP) is 3.08. The predicted molar refractivity (Wildman–Crippen MR) is 69.9 cm³/mol. The molecule has 1 aliphatic heterocycles. The van der Waals surface area contributed by atoms with Crippen LogP contribution in [0.25, 0.3) is 0 Å². The summed E-state index contributed by atoms with van der Waals surface area (Å²) in [5, 5.41) is 6.76. The van der Waals surface area contributed by atoms with E-state index in [1.807, 2.05) is 13.0 Å². The minimum atomic E-state index is -0.156. The van der Waals surface area contributed by atoms with Crippen LogP contribution in [0.2, 0.25) is 0 Å². The lowest BCUT2D eigenvalue weighted by Crippen LogP contribution is -2.29. The molecule has 0 aromatic heterocycles. The summed E-state index contributed by atoms with van der Waals surface area (Å²) in [6.07, 6.45) is 3.55. The Morgan fingerprint density at radius 3 is 3.00 bits per heavy atom. The average Bonchev–Trinajstić information content (AvgIpc) is 2.76. The number of halogens is 1. The minimum Gasteiger partial charge on any atom is -0.380 e. The van der Waals surface area contributed by atoms with Gasteiger partial charge < -0.3 is 10.6 Å². The Bertz CT molecular complexity index is 352. The van der Waals surface area contributed by atoms with Crippen LogP contribution in [-0.2, 0) is 0 Å². The molecule has 1 aromatic carbocycles. The van der Waals surface area contributed by atoms with E-state index in [-0.39, 0.29) is 5.82 Å². The molecule has 1 aliphatic rings. The first-order valence-electron chi connectivity index (χ1n) is 6.42. The molecule has 0 radical (unpaired) electrons. The molecule has 2 rings (SSSR count). The zero-order valence-corrected chi connectivity index (χ0v) is 10.6. The van der Waals surface area contributed by atoms with E-state index in [0.717, 1.165) is 18.5 Å². The van der Waals surface area contributed by atoms with E-state index in [1.54, 1.807) is 6.07 Å². The molecule has 1 saturated heterocycles. The molecule has 1 aromatic rings. The molecular weight excluding hydrogens is 215 g/mol. The van der Waals surface area contributed by atoms with E-state index < -0.39 is 0 Å². The van der Waals surface area contributed by atoms with Gasteiger partial charge in [0.2, 0.25) is 0 Å². The SMILES string of the molecule is Cc1cccc(F)c1NC(C)CC1CCCN1. The Balaban J connectivity index is 1.95. The van der Waals surface area contributed by atoms with Crippen LogP contribution in [-0.4, -0.2) is 18.6 Å². The van der Waals surface area contributed by atoms with Crippen LogP contribution < -0.4 is 10.6 Å². The zero-order valence-electron chi connectivity index (χ0n) is 10.6. The lowest BCUT2D eigenvalue weighted by atomic mass is 10.1. The van der Waals surface area contributed by atoms with Crippen LogP contribution in [0, 0.1) is 12.7 Å². The monoisotopic (exact) mass is 236 g/mol. The first-order valence-corrected chi connectivity index (χ1v) is 6.42. The summed E-state index contributed by atoms with van der Waals surface area (Å²) >= 11 is 0. The molecule has 0 spiro atoms. The first-order chi connectivity index (χ1) is 8.16. The van der Waals surface area contributed by atoms with Crippen LogP contribution in [0.5, 0.6) is 0 Å². The second-order valence-corrected chi connectivity index (χ2v) is 5.01. The minimum absolute atomic E-state index is 0.156. The average molecular weight is 236 g/mol. The van der Waals surface area contributed by atoms with E-state index in [9.17, 15) is 4.39 Å². The van der Waals surface area contributed by atoms with Gasteiger partial charge in [-0.25, -0.2) is 4.39 Å². The molecule has 0 bridgehead atoms. The van der Waals surface area contributed by atoms with Gasteiger partial charge >= 0.3 is 0 Å². The summed E-state index contributed by atoms with van der Waals surface area (Å²) in [6.45, 7) is 5.17. The highest BCUT2D eigenvalue weighted by Gasteiger charge is 2.17. The van der Waals surface area contributed by atoms with E-state index in [0.29, 0.717) is 17.8 Å². The van der Waals surface area contributed by atoms with Crippen molar-refractivity contribution in [2.45, 2.75) is 45.2 Å². The Morgan fingerprint density at radius 2 is 2.35 bits per heavy atom. The molecule has 3 heteroatoms. The summed E-state index contributed by atoms with van der Waals surface area (Å²) < 4.78 is 13.6. The van der Waals surface area contributed by atoms with Crippen molar-refractivity contribution in [1.82, 2.24) is 5.32 Å². The third-order valence-corrected chi connectivity index (χ3v) is 3.41. The van der Waals surface area contributed by atoms with Gasteiger partial charge in [0.15, 0.2) is 0 Å². The molecule has 1 fully saturated rings. The number of aryl methyl sites for hydroxylation is 1. The van der Waals surface area contributed by atoms with Crippen molar-refractivity contribution >= 4 is 5.69 Å². The highest BCUT2D eigenvalue weighted by molar-refractivity contribution is 5.52. The Kier molecular flexibility index (Phi) is 4.00. The van der Waals surface area contributed by atoms with Crippen molar-refractivity contribution in [1.29, 1.82) is 0 Å². The molecule has 94 valence electrons. The van der Waals surface area contributed by atoms with Gasteiger partial charge in [-0.15, -0.1) is 0 Å². The van der Waals surface area contributed by atoms with Crippen molar-refractivity contribution in [3.63, 3.8) is 0 Å². The second kappa shape index (κ2) is 5.50. The number of para-hydroxylation sites is 1. The van der Waals surface area contributed by atoms with Gasteiger partial charge in [-0.05, 0) is 51.3 Å². The van der Waals surface area contributed by atoms with E-state index >= 15 is 0 Å². The van der Waals surface area contributed by atoms with Gasteiger partial charge in [0.1, 0.15) is 5.82 Å². The van der Waals surface area contributed by atoms with Crippen molar-refractivity contribution in [2.75, 3.05) is 11.9 Å². The van der Waals surface area contributed by atoms with Crippen molar-refractivity contribution in [3.05, 3.63) is 29.6 Å². The number of hydrogen-bond acceptors (Lipinski definition) is 2. The fourth-order valence-corrected chi connectivity index (χ4v) is 2.50. The molecule has 2 nitrogen and oxygen atoms in total. The lowest BCUT2D eigenvalue weighted by Gasteiger charge is -2.20. The molecule has 0 aliphatic carbocycles. The van der Waals surface area contributed by atoms with Gasteiger partial charge in [-0.3, -0.25) is 0 Å². The Labute approximate surface area is 103 Å². The molecular formula is C14H21FN2. The van der Waals surface area contributed by atoms with Gasteiger partial charge in [0.25, 0.3) is 0 Å². The third kappa shape index (κ3) is 3.19. The van der Waals surface area contributed by atoms with Crippen molar-refractivity contribution in [2.24, 2.45) is 0 Å². The quantitative estimate of drug-likeness (QED) is 0.839. The third-order valence-electron chi connectivity index (χ3n) is 3.41. The zero-order chi connectivity index (χ0) is 12.3. The molecule has 2 atom stereocenters. The van der Waals surface area contributed by atoms with Gasteiger partial charge in [0.05, 0.1) is 5.69 Å². The first kappa shape index (κ1) is 12.4. The Morgan fingerprint density at radius 1 is 1.53 bits per heavy atom. The van der Waals surface area contributed by atoms with E-state index in [4.69, 9.17) is 0 Å². The number of hydrogen-bond donors (Lipinski definition) is 2. The fourth-order valence-electron chi connectivity index (χ4n) is 2.50. The Hall–Kier alpha value is -1.09. The topological polar surface area (TPSA) is 24.1 Å². The van der Waals surface area contributed by atoms with E-state index in [2.05, 4.69) is 17.6 Å². The summed E-state index contributed by atoms with van der Waals surface area (Å²) in [5.74, 6) is -0.156. The van der Waals surface area contributed by atoms with Crippen LogP contribution in [0.1, 0.15) is 31.7 Å². The highest BCUT2D eigenvalue weighted by Crippen LogP contribution is 2.21. The largest absolute Gasteiger partial charge is 0.380 e. The molecule has 2 N–H and O–H groups in total. The maximum absolute atomic E-state index is 13.6. The maximum Gasteiger partial charge on any atom is 0.146 e. The van der Waals surface area contributed by atoms with Gasteiger partial charge in [0, 0.05) is 12.1 Å². The molecule has 17 heavy (non-hydrogen) atoms. The van der Waals surface area contributed by atoms with Crippen LogP contribution >= 0.6 is 0 Å². The molecule has 0 saturated carbocycles. The molecule has 2 unspecified atom stereocenters. The number of rotatable bonds is 4. The lowest BCUT2D eigenvalue weighted by molar-refractivity contribution is 0.520. The summed E-state index contributed by atoms with van der Waals surface area (Å²) in [7, 11) is 0. The van der Waals surface area contributed by atoms with Crippen LogP contribution in [0.3, 0.4) is 0 Å². The van der Waals surface area contributed by atoms with Crippen molar-refractivity contribution < 1.29 is 4.39 Å². The molecule has 0 amide bonds. The fraction of sp³-hybridized carbons (Fsp3) is 0.571. The standard InChI is InChI=1S/C14H21FN2/c1-10-5-3-7-13(15)14(10)17-11(2)9-12-6-4-8-16-12/h3,5,7,11-12,16-17H,4,6,8-9H2,1-2H3. The number of anilines is 1. The van der Waals surface area contributed by atoms with Gasteiger partial charge in [-0.2, -0.15) is 0 Å². The van der Waals surface area contributed by atoms with Gasteiger partial charge in [-0.1, -0.05) is 12.1 Å². The highest BCUT2D eigenvalue weighted by atomic mass is 19.1. The number of nitrogens with one attached hydrogen (secondary N) is 2. The summed E-state index contributed by atoms with van der Waals surface area (Å²) in [6, 6.07) is 6.08. The number of benzene rings is 1. The summed E-state index contributed by atoms with van der Waals surface area (Å²) in [4.78, 5) is 0. The van der Waals surface area contributed by atoms with E-state index in [1.165, 1.54) is 18.9 Å². The molecule has 1 heterocycles. The maximum atomic E-state index is 13.6. The van der Waals surface area contributed by atoms with Crippen molar-refractivity contribution in [3.8, 4) is 0 Å². The van der Waals surface area contributed by atoms with Crippen LogP contribution in [0.15, 0.2) is 18.2 Å². The second-order valence-electron chi connectivity index (χ2n) is 5.01. The summed E-state index contributed by atoms with van der Waals surface area (Å²) in [5.41, 5.74) is 1.62. The van der Waals surface area contributed by atoms with Crippen LogP contribution in [0.4, 0.5) is 10.1 Å². The smallest absolute Gasteiger partial charge is 0.146 e.